The van der Waals surface area contributed by atoms with Crippen LogP contribution in [0, 0.1) is 52.4 Å². The zero-order valence-electron chi connectivity index (χ0n) is 47.1. The number of nitrogens with zero attached hydrogens (tertiary/aromatic N) is 2. The number of anilines is 4. The predicted molar refractivity (Wildman–Crippen MR) is 315 cm³/mol. The fourth-order valence-electron chi connectivity index (χ4n) is 10.7. The number of rotatable bonds is 22. The molecule has 1 aromatic heterocycles. The molecule has 0 bridgehead atoms. The normalized spacial score (nSPS) is 17.9. The SMILES string of the molecule is O=C(Nc1cc(F)cc(F)c1)[C@H](Cc1cc(F)cc(F)c1)Nc1cccc(F)c1CC[C@H]1CNCCN1S(=O)(=O)c1ccccc1.O=C(Nc1ccc(F)cc1)[C@H](Cc1cc(F)cc(F)c1)Nc1cncc(F)c1CC[C@]1(S(=O)(=O)C2CC2)CNCCN1. The van der Waals surface area contributed by atoms with Crippen LogP contribution in [0.2, 0.25) is 0 Å². The van der Waals surface area contributed by atoms with E-state index in [2.05, 4.69) is 42.2 Å². The van der Waals surface area contributed by atoms with Gasteiger partial charge in [0.05, 0.1) is 28.2 Å². The van der Waals surface area contributed by atoms with Gasteiger partial charge in [-0.05, 0) is 135 Å². The first-order valence-electron chi connectivity index (χ1n) is 28.2. The molecular weight excluding hydrogens is 1200 g/mol. The van der Waals surface area contributed by atoms with E-state index in [9.17, 15) is 57.2 Å². The van der Waals surface area contributed by atoms with Crippen LogP contribution in [0.15, 0.2) is 145 Å². The summed E-state index contributed by atoms with van der Waals surface area (Å²) in [5.41, 5.74) is 0.944. The van der Waals surface area contributed by atoms with Crippen LogP contribution in [0.5, 0.6) is 0 Å². The molecule has 466 valence electrons. The van der Waals surface area contributed by atoms with Gasteiger partial charge in [-0.15, -0.1) is 0 Å². The summed E-state index contributed by atoms with van der Waals surface area (Å²) in [4.78, 5) is 29.6. The highest BCUT2D eigenvalue weighted by Gasteiger charge is 2.52. The lowest BCUT2D eigenvalue weighted by Gasteiger charge is -2.38. The van der Waals surface area contributed by atoms with E-state index >= 15 is 8.78 Å². The number of hydrogen-bond acceptors (Lipinski definition) is 12. The lowest BCUT2D eigenvalue weighted by atomic mass is 10.00. The van der Waals surface area contributed by atoms with Crippen molar-refractivity contribution in [2.75, 3.05) is 60.5 Å². The molecule has 0 spiro atoms. The minimum Gasteiger partial charge on any atom is -0.373 e. The van der Waals surface area contributed by atoms with Crippen molar-refractivity contribution in [3.05, 3.63) is 214 Å². The smallest absolute Gasteiger partial charge is 0.247 e. The Morgan fingerprint density at radius 1 is 0.580 bits per heavy atom. The lowest BCUT2D eigenvalue weighted by molar-refractivity contribution is -0.117. The summed E-state index contributed by atoms with van der Waals surface area (Å²) in [5, 5.41) is 20.0. The molecule has 4 atom stereocenters. The summed E-state index contributed by atoms with van der Waals surface area (Å²) in [6, 6.07) is 22.3. The average molecular weight is 1260 g/mol. The van der Waals surface area contributed by atoms with E-state index in [0.717, 1.165) is 54.7 Å². The molecule has 88 heavy (non-hydrogen) atoms. The van der Waals surface area contributed by atoms with Gasteiger partial charge in [0.1, 0.15) is 69.3 Å². The number of carbonyl (C=O) groups excluding carboxylic acids is 2. The second-order valence-electron chi connectivity index (χ2n) is 21.6. The highest BCUT2D eigenvalue weighted by molar-refractivity contribution is 7.93. The number of piperazine rings is 2. The number of nitrogens with one attached hydrogen (secondary N) is 7. The molecule has 2 amide bonds. The summed E-state index contributed by atoms with van der Waals surface area (Å²) in [6.07, 6.45) is 3.40. The van der Waals surface area contributed by atoms with Gasteiger partial charge in [-0.1, -0.05) is 24.3 Å². The first-order chi connectivity index (χ1) is 42.0. The van der Waals surface area contributed by atoms with Crippen LogP contribution >= 0.6 is 0 Å². The van der Waals surface area contributed by atoms with Gasteiger partial charge in [0.15, 0.2) is 9.84 Å². The first-order valence-corrected chi connectivity index (χ1v) is 31.2. The third kappa shape index (κ3) is 16.4. The van der Waals surface area contributed by atoms with Crippen LogP contribution in [0.25, 0.3) is 0 Å². The van der Waals surface area contributed by atoms with Crippen molar-refractivity contribution in [3.63, 3.8) is 0 Å². The van der Waals surface area contributed by atoms with Gasteiger partial charge >= 0.3 is 0 Å². The molecule has 3 heterocycles. The largest absolute Gasteiger partial charge is 0.373 e. The Hall–Kier alpha value is -7.88. The zero-order chi connectivity index (χ0) is 62.8. The van der Waals surface area contributed by atoms with Crippen LogP contribution in [0.4, 0.5) is 62.3 Å². The predicted octanol–water partition coefficient (Wildman–Crippen LogP) is 9.34. The molecule has 26 heteroatoms. The maximum Gasteiger partial charge on any atom is 0.247 e. The fourth-order valence-corrected chi connectivity index (χ4v) is 14.8. The van der Waals surface area contributed by atoms with Crippen molar-refractivity contribution in [2.45, 2.75) is 84.5 Å². The molecule has 7 aromatic rings. The monoisotopic (exact) mass is 1260 g/mol. The van der Waals surface area contributed by atoms with E-state index in [4.69, 9.17) is 0 Å². The van der Waals surface area contributed by atoms with Crippen molar-refractivity contribution in [1.82, 2.24) is 25.2 Å². The molecule has 10 rings (SSSR count). The van der Waals surface area contributed by atoms with Crippen molar-refractivity contribution >= 4 is 54.4 Å². The van der Waals surface area contributed by atoms with Gasteiger partial charge in [0, 0.05) is 105 Å². The summed E-state index contributed by atoms with van der Waals surface area (Å²) >= 11 is 0. The maximum absolute atomic E-state index is 15.3. The second-order valence-corrected chi connectivity index (χ2v) is 26.0. The van der Waals surface area contributed by atoms with E-state index < -0.39 is 112 Å². The number of hydrogen-bond donors (Lipinski definition) is 7. The third-order valence-corrected chi connectivity index (χ3v) is 20.1. The van der Waals surface area contributed by atoms with Crippen LogP contribution in [0.3, 0.4) is 0 Å². The minimum atomic E-state index is -3.83. The minimum absolute atomic E-state index is 0.00177. The number of pyridine rings is 1. The number of aromatic nitrogens is 1. The number of benzene rings is 6. The van der Waals surface area contributed by atoms with E-state index in [0.29, 0.717) is 57.2 Å². The molecule has 3 aliphatic rings. The lowest BCUT2D eigenvalue weighted by Crippen LogP contribution is -2.64. The van der Waals surface area contributed by atoms with E-state index in [-0.39, 0.29) is 102 Å². The quantitative estimate of drug-likeness (QED) is 0.0318. The Balaban J connectivity index is 0.000000210. The highest BCUT2D eigenvalue weighted by Crippen LogP contribution is 2.39. The van der Waals surface area contributed by atoms with E-state index in [1.807, 2.05) is 0 Å². The molecule has 1 saturated carbocycles. The molecule has 6 aromatic carbocycles. The van der Waals surface area contributed by atoms with Gasteiger partial charge in [0.25, 0.3) is 0 Å². The van der Waals surface area contributed by atoms with Crippen LogP contribution in [-0.2, 0) is 55.1 Å². The van der Waals surface area contributed by atoms with Crippen molar-refractivity contribution in [1.29, 1.82) is 0 Å². The molecular formula is C62H62F9N9O6S2. The molecule has 3 fully saturated rings. The summed E-state index contributed by atoms with van der Waals surface area (Å²) in [5.74, 6) is -8.51. The average Bonchev–Trinajstić information content (AvgIpc) is 1.81. The molecule has 2 aliphatic heterocycles. The van der Waals surface area contributed by atoms with E-state index in [1.165, 1.54) is 53.0 Å². The van der Waals surface area contributed by atoms with Gasteiger partial charge in [-0.2, -0.15) is 4.31 Å². The summed E-state index contributed by atoms with van der Waals surface area (Å²) in [7, 11) is -7.39. The van der Waals surface area contributed by atoms with Crippen molar-refractivity contribution in [2.24, 2.45) is 0 Å². The Bertz CT molecular complexity index is 3790. The zero-order valence-corrected chi connectivity index (χ0v) is 48.7. The van der Waals surface area contributed by atoms with Gasteiger partial charge in [0.2, 0.25) is 21.8 Å². The molecule has 7 N–H and O–H groups in total. The fraction of sp³-hybridized carbons (Fsp3) is 0.306. The molecule has 15 nitrogen and oxygen atoms in total. The Labute approximate surface area is 502 Å². The van der Waals surface area contributed by atoms with Crippen LogP contribution in [0.1, 0.15) is 47.9 Å². The maximum atomic E-state index is 15.3. The number of sulfonamides is 1. The van der Waals surface area contributed by atoms with Gasteiger partial charge in [-0.3, -0.25) is 19.9 Å². The summed E-state index contributed by atoms with van der Waals surface area (Å²) < 4.78 is 183. The summed E-state index contributed by atoms with van der Waals surface area (Å²) in [6.45, 7) is 2.22. The molecule has 0 unspecified atom stereocenters. The number of sulfone groups is 1. The topological polar surface area (TPSA) is 203 Å². The standard InChI is InChI=1S/C33H31F5N4O3S.C29H31F4N5O3S/c34-22-13-21(14-23(35)16-22)15-32(33(43)40-26-18-24(36)17-25(37)19-26)41-31-8-4-7-30(38)29(31)10-9-27-20-39-11-12-42(27)46(44,45)28-5-2-1-3-6-28;30-19-1-3-22(4-2-19)37-28(39)26(13-18-11-20(31)14-21(32)12-18)38-27-16-35-15-25(33)24(27)7-8-29(17-34-9-10-36-29)42(40,41)23-5-6-23/h1-8,13-14,16-19,27,32,39,41H,9-12,15,20H2,(H,40,43);1-4,11-12,14-16,23,26,34,36,38H,5-10,13,17H2,(H,37,39)/t27-,32-;26-,29-/m00/s1. The number of amides is 2. The van der Waals surface area contributed by atoms with E-state index in [1.54, 1.807) is 18.2 Å². The van der Waals surface area contributed by atoms with Gasteiger partial charge < -0.3 is 31.9 Å². The Morgan fingerprint density at radius 2 is 1.15 bits per heavy atom. The second kappa shape index (κ2) is 28.5. The highest BCUT2D eigenvalue weighted by atomic mass is 32.2. The van der Waals surface area contributed by atoms with Crippen molar-refractivity contribution in [3.8, 4) is 0 Å². The molecule has 2 saturated heterocycles. The van der Waals surface area contributed by atoms with Crippen LogP contribution in [-0.4, -0.2) is 105 Å². The van der Waals surface area contributed by atoms with Crippen molar-refractivity contribution < 1.29 is 65.9 Å². The molecule has 0 radical (unpaired) electrons. The molecule has 1 aliphatic carbocycles. The Kier molecular flexibility index (Phi) is 20.9. The first kappa shape index (κ1) is 64.6. The number of halogens is 9. The Morgan fingerprint density at radius 3 is 1.73 bits per heavy atom. The van der Waals surface area contributed by atoms with Gasteiger partial charge in [-0.25, -0.2) is 56.3 Å². The van der Waals surface area contributed by atoms with Crippen LogP contribution < -0.4 is 37.2 Å². The third-order valence-electron chi connectivity index (χ3n) is 15.2. The number of carbonyl (C=O) groups is 2.